The van der Waals surface area contributed by atoms with Crippen LogP contribution in [0.2, 0.25) is 0 Å². The Morgan fingerprint density at radius 2 is 2.13 bits per heavy atom. The van der Waals surface area contributed by atoms with Crippen LogP contribution in [0.4, 0.5) is 4.79 Å². The smallest absolute Gasteiger partial charge is 0.390 e. The molecule has 0 saturated carbocycles. The van der Waals surface area contributed by atoms with Crippen LogP contribution in [0.25, 0.3) is 10.9 Å². The number of nitrogens with two attached hydrogens (primary N) is 1. The van der Waals surface area contributed by atoms with Gasteiger partial charge in [0.1, 0.15) is 6.33 Å². The Bertz CT molecular complexity index is 495. The summed E-state index contributed by atoms with van der Waals surface area (Å²) in [4.78, 5) is 18.8. The molecular weight excluding hydrogens is 196 g/mol. The largest absolute Gasteiger partial charge is 0.428 e. The lowest BCUT2D eigenvalue weighted by Gasteiger charge is -2.04. The van der Waals surface area contributed by atoms with Gasteiger partial charge in [-0.3, -0.25) is 5.43 Å². The maximum absolute atomic E-state index is 10.9. The summed E-state index contributed by atoms with van der Waals surface area (Å²) in [5.74, 6) is 5.08. The molecule has 0 saturated heterocycles. The van der Waals surface area contributed by atoms with E-state index in [4.69, 9.17) is 10.6 Å². The number of carbonyl (C=O) groups is 1. The Morgan fingerprint density at radius 1 is 1.33 bits per heavy atom. The Kier molecular flexibility index (Phi) is 2.42. The van der Waals surface area contributed by atoms with Gasteiger partial charge in [-0.25, -0.2) is 20.6 Å². The average molecular weight is 204 g/mol. The van der Waals surface area contributed by atoms with Crippen LogP contribution in [0.3, 0.4) is 0 Å². The van der Waals surface area contributed by atoms with Crippen molar-refractivity contribution in [3.8, 4) is 5.88 Å². The van der Waals surface area contributed by atoms with E-state index in [-0.39, 0.29) is 5.88 Å². The van der Waals surface area contributed by atoms with Gasteiger partial charge < -0.3 is 4.74 Å². The van der Waals surface area contributed by atoms with Gasteiger partial charge >= 0.3 is 6.09 Å². The molecule has 0 aliphatic carbocycles. The number of hydrogen-bond acceptors (Lipinski definition) is 5. The second kappa shape index (κ2) is 3.89. The van der Waals surface area contributed by atoms with Crippen molar-refractivity contribution < 1.29 is 9.53 Å². The summed E-state index contributed by atoms with van der Waals surface area (Å²) >= 11 is 0. The number of amides is 1. The number of hydrogen-bond donors (Lipinski definition) is 2. The number of aromatic nitrogens is 2. The number of carbonyl (C=O) groups excluding carboxylic acids is 1. The van der Waals surface area contributed by atoms with E-state index in [9.17, 15) is 4.79 Å². The average Bonchev–Trinajstić information content (AvgIpc) is 2.29. The van der Waals surface area contributed by atoms with Crippen LogP contribution in [0.5, 0.6) is 5.88 Å². The predicted molar refractivity (Wildman–Crippen MR) is 52.9 cm³/mol. The van der Waals surface area contributed by atoms with Gasteiger partial charge in [-0.05, 0) is 12.1 Å². The van der Waals surface area contributed by atoms with E-state index >= 15 is 0 Å². The first kappa shape index (κ1) is 9.35. The van der Waals surface area contributed by atoms with Crippen molar-refractivity contribution in [2.45, 2.75) is 0 Å². The van der Waals surface area contributed by atoms with Crippen LogP contribution in [-0.2, 0) is 0 Å². The summed E-state index contributed by atoms with van der Waals surface area (Å²) < 4.78 is 4.85. The van der Waals surface area contributed by atoms with Crippen LogP contribution in [0.1, 0.15) is 0 Å². The normalized spacial score (nSPS) is 9.93. The van der Waals surface area contributed by atoms with Gasteiger partial charge in [-0.2, -0.15) is 0 Å². The summed E-state index contributed by atoms with van der Waals surface area (Å²) in [5.41, 5.74) is 2.56. The number of nitrogens with zero attached hydrogens (tertiary/aromatic N) is 2. The van der Waals surface area contributed by atoms with Crippen molar-refractivity contribution in [2.24, 2.45) is 5.84 Å². The third-order valence-electron chi connectivity index (χ3n) is 1.81. The van der Waals surface area contributed by atoms with E-state index in [1.807, 2.05) is 11.5 Å². The highest BCUT2D eigenvalue weighted by molar-refractivity contribution is 5.85. The maximum Gasteiger partial charge on any atom is 0.428 e. The fourth-order valence-electron chi connectivity index (χ4n) is 1.18. The van der Waals surface area contributed by atoms with E-state index in [1.165, 1.54) is 6.33 Å². The first-order valence-corrected chi connectivity index (χ1v) is 4.19. The SMILES string of the molecule is NNC(=O)Oc1ncnc2ccccc12. The number of hydrazine groups is 1. The molecular formula is C9H8N4O2. The number of ether oxygens (including phenoxy) is 1. The Balaban J connectivity index is 2.46. The third kappa shape index (κ3) is 1.84. The third-order valence-corrected chi connectivity index (χ3v) is 1.81. The lowest BCUT2D eigenvalue weighted by atomic mass is 10.2. The first-order chi connectivity index (χ1) is 7.31. The Hall–Kier alpha value is -2.21. The van der Waals surface area contributed by atoms with Crippen molar-refractivity contribution in [1.82, 2.24) is 15.4 Å². The second-order valence-corrected chi connectivity index (χ2v) is 2.73. The van der Waals surface area contributed by atoms with Crippen molar-refractivity contribution in [2.75, 3.05) is 0 Å². The van der Waals surface area contributed by atoms with Gasteiger partial charge in [0, 0.05) is 0 Å². The quantitative estimate of drug-likeness (QED) is 0.403. The summed E-state index contributed by atoms with van der Waals surface area (Å²) in [6.07, 6.45) is 0.556. The maximum atomic E-state index is 10.9. The van der Waals surface area contributed by atoms with Gasteiger partial charge in [0.05, 0.1) is 10.9 Å². The van der Waals surface area contributed by atoms with Crippen LogP contribution in [0.15, 0.2) is 30.6 Å². The predicted octanol–water partition coefficient (Wildman–Crippen LogP) is 0.592. The van der Waals surface area contributed by atoms with Gasteiger partial charge in [0.25, 0.3) is 0 Å². The van der Waals surface area contributed by atoms with Crippen LogP contribution < -0.4 is 16.0 Å². The van der Waals surface area contributed by atoms with Gasteiger partial charge in [0.15, 0.2) is 0 Å². The minimum Gasteiger partial charge on any atom is -0.390 e. The highest BCUT2D eigenvalue weighted by Gasteiger charge is 2.07. The molecule has 0 spiro atoms. The number of nitrogens with one attached hydrogen (secondary N) is 1. The molecule has 0 atom stereocenters. The van der Waals surface area contributed by atoms with Crippen LogP contribution in [0, 0.1) is 0 Å². The number of benzene rings is 1. The molecule has 0 unspecified atom stereocenters. The highest BCUT2D eigenvalue weighted by atomic mass is 16.6. The minimum absolute atomic E-state index is 0.184. The van der Waals surface area contributed by atoms with Crippen molar-refractivity contribution >= 4 is 17.0 Å². The van der Waals surface area contributed by atoms with E-state index in [1.54, 1.807) is 18.2 Å². The minimum atomic E-state index is -0.765. The molecule has 1 amide bonds. The van der Waals surface area contributed by atoms with Gasteiger partial charge in [-0.1, -0.05) is 12.1 Å². The highest BCUT2D eigenvalue weighted by Crippen LogP contribution is 2.20. The topological polar surface area (TPSA) is 90.1 Å². The lowest BCUT2D eigenvalue weighted by molar-refractivity contribution is 0.199. The zero-order valence-corrected chi connectivity index (χ0v) is 7.68. The van der Waals surface area contributed by atoms with E-state index in [0.717, 1.165) is 0 Å². The molecule has 0 fully saturated rings. The summed E-state index contributed by atoms with van der Waals surface area (Å²) in [7, 11) is 0. The van der Waals surface area contributed by atoms with Crippen molar-refractivity contribution in [3.05, 3.63) is 30.6 Å². The molecule has 0 aliphatic heterocycles. The molecule has 1 aromatic carbocycles. The van der Waals surface area contributed by atoms with Crippen LogP contribution >= 0.6 is 0 Å². The zero-order chi connectivity index (χ0) is 10.7. The number of para-hydroxylation sites is 1. The molecule has 0 bridgehead atoms. The fourth-order valence-corrected chi connectivity index (χ4v) is 1.18. The molecule has 2 rings (SSSR count). The number of rotatable bonds is 1. The molecule has 15 heavy (non-hydrogen) atoms. The van der Waals surface area contributed by atoms with E-state index in [0.29, 0.717) is 10.9 Å². The molecule has 0 aliphatic rings. The van der Waals surface area contributed by atoms with E-state index in [2.05, 4.69) is 9.97 Å². The Morgan fingerprint density at radius 3 is 2.93 bits per heavy atom. The molecule has 6 nitrogen and oxygen atoms in total. The summed E-state index contributed by atoms with van der Waals surface area (Å²) in [6, 6.07) is 7.19. The fraction of sp³-hybridized carbons (Fsp3) is 0. The molecule has 3 N–H and O–H groups in total. The summed E-state index contributed by atoms with van der Waals surface area (Å²) in [6.45, 7) is 0. The molecule has 76 valence electrons. The standard InChI is InChI=1S/C9H8N4O2/c10-13-9(14)15-8-6-3-1-2-4-7(6)11-5-12-8/h1-5H,10H2,(H,13,14). The molecule has 2 aromatic rings. The van der Waals surface area contributed by atoms with Crippen LogP contribution in [-0.4, -0.2) is 16.1 Å². The van der Waals surface area contributed by atoms with Crippen molar-refractivity contribution in [3.63, 3.8) is 0 Å². The first-order valence-electron chi connectivity index (χ1n) is 4.19. The lowest BCUT2D eigenvalue weighted by Crippen LogP contribution is -2.33. The second-order valence-electron chi connectivity index (χ2n) is 2.73. The van der Waals surface area contributed by atoms with Gasteiger partial charge in [0.2, 0.25) is 5.88 Å². The monoisotopic (exact) mass is 204 g/mol. The van der Waals surface area contributed by atoms with Crippen molar-refractivity contribution in [1.29, 1.82) is 0 Å². The Labute approximate surface area is 85.1 Å². The number of fused-ring (bicyclic) bond motifs is 1. The molecule has 6 heteroatoms. The molecule has 1 heterocycles. The van der Waals surface area contributed by atoms with E-state index < -0.39 is 6.09 Å². The summed E-state index contributed by atoms with van der Waals surface area (Å²) in [5, 5.41) is 0.656. The van der Waals surface area contributed by atoms with Gasteiger partial charge in [-0.15, -0.1) is 0 Å². The zero-order valence-electron chi connectivity index (χ0n) is 7.68. The molecule has 0 radical (unpaired) electrons. The molecule has 1 aromatic heterocycles.